The summed E-state index contributed by atoms with van der Waals surface area (Å²) < 4.78 is 16.0. The second-order valence-corrected chi connectivity index (χ2v) is 1.20. The topological polar surface area (TPSA) is 46.5 Å². The third kappa shape index (κ3) is 2.69. The molecule has 0 aromatic carbocycles. The summed E-state index contributed by atoms with van der Waals surface area (Å²) in [6, 6.07) is 0. The van der Waals surface area contributed by atoms with Gasteiger partial charge in [0, 0.05) is 0 Å². The number of hydrogen-bond donors (Lipinski definition) is 1. The number of rotatable bonds is 2. The molecule has 0 saturated carbocycles. The van der Waals surface area contributed by atoms with Gasteiger partial charge in [-0.15, -0.1) is 0 Å². The maximum atomic E-state index is 11.8. The summed E-state index contributed by atoms with van der Waals surface area (Å²) >= 11 is 0. The number of esters is 1. The first-order valence-corrected chi connectivity index (χ1v) is 2.39. The summed E-state index contributed by atoms with van der Waals surface area (Å²) in [6.07, 6.45) is 0.0675. The second kappa shape index (κ2) is 3.88. The van der Waals surface area contributed by atoms with Gasteiger partial charge in [-0.3, -0.25) is 0 Å². The molecular formula is C5H7FO3. The minimum atomic E-state index is -1.28. The van der Waals surface area contributed by atoms with Gasteiger partial charge < -0.3 is 9.84 Å². The molecule has 0 aromatic heterocycles. The molecule has 1 N–H and O–H groups in total. The molecule has 0 spiro atoms. The van der Waals surface area contributed by atoms with Gasteiger partial charge in [0.15, 0.2) is 0 Å². The zero-order chi connectivity index (χ0) is 7.28. The first kappa shape index (κ1) is 7.94. The van der Waals surface area contributed by atoms with Gasteiger partial charge in [0.2, 0.25) is 5.83 Å². The van der Waals surface area contributed by atoms with Crippen molar-refractivity contribution < 1.29 is 19.0 Å². The van der Waals surface area contributed by atoms with E-state index in [0.717, 1.165) is 0 Å². The highest BCUT2D eigenvalue weighted by Crippen LogP contribution is 1.96. The molecule has 0 aliphatic carbocycles. The van der Waals surface area contributed by atoms with Gasteiger partial charge in [0.25, 0.3) is 0 Å². The van der Waals surface area contributed by atoms with Crippen molar-refractivity contribution in [1.29, 1.82) is 0 Å². The second-order valence-electron chi connectivity index (χ2n) is 1.20. The van der Waals surface area contributed by atoms with Crippen LogP contribution in [0.1, 0.15) is 6.92 Å². The van der Waals surface area contributed by atoms with E-state index in [1.54, 1.807) is 6.92 Å². The van der Waals surface area contributed by atoms with Crippen LogP contribution in [-0.4, -0.2) is 17.7 Å². The number of ether oxygens (including phenoxy) is 1. The van der Waals surface area contributed by atoms with E-state index in [0.29, 0.717) is 0 Å². The number of aliphatic hydroxyl groups is 1. The summed E-state index contributed by atoms with van der Waals surface area (Å²) in [5, 5.41) is 7.89. The highest BCUT2D eigenvalue weighted by molar-refractivity contribution is 5.85. The maximum Gasteiger partial charge on any atom is 0.370 e. The molecule has 0 unspecified atom stereocenters. The third-order valence-electron chi connectivity index (χ3n) is 0.584. The van der Waals surface area contributed by atoms with E-state index >= 15 is 0 Å². The Labute approximate surface area is 51.7 Å². The molecule has 0 aliphatic rings. The van der Waals surface area contributed by atoms with E-state index in [9.17, 15) is 9.18 Å². The Morgan fingerprint density at radius 1 is 1.89 bits per heavy atom. The Balaban J connectivity index is 3.74. The normalized spacial score (nSPS) is 11.1. The van der Waals surface area contributed by atoms with Crippen molar-refractivity contribution in [3.8, 4) is 0 Å². The number of carbonyl (C=O) groups is 1. The van der Waals surface area contributed by atoms with E-state index < -0.39 is 11.8 Å². The van der Waals surface area contributed by atoms with Gasteiger partial charge in [-0.2, -0.15) is 4.39 Å². The van der Waals surface area contributed by atoms with Crippen molar-refractivity contribution in [2.24, 2.45) is 0 Å². The Morgan fingerprint density at radius 3 is 2.78 bits per heavy atom. The predicted molar refractivity (Wildman–Crippen MR) is 28.5 cm³/mol. The van der Waals surface area contributed by atoms with E-state index in [2.05, 4.69) is 4.74 Å². The maximum absolute atomic E-state index is 11.8. The lowest BCUT2D eigenvalue weighted by atomic mass is 10.6. The smallest absolute Gasteiger partial charge is 0.370 e. The molecule has 0 atom stereocenters. The summed E-state index contributed by atoms with van der Waals surface area (Å²) in [5.41, 5.74) is 0. The van der Waals surface area contributed by atoms with Crippen molar-refractivity contribution in [2.45, 2.75) is 6.92 Å². The Morgan fingerprint density at radius 2 is 2.44 bits per heavy atom. The zero-order valence-corrected chi connectivity index (χ0v) is 4.93. The molecule has 0 aliphatic heterocycles. The van der Waals surface area contributed by atoms with Gasteiger partial charge >= 0.3 is 5.97 Å². The molecule has 0 radical (unpaired) electrons. The van der Waals surface area contributed by atoms with Crippen LogP contribution >= 0.6 is 0 Å². The summed E-state index contributed by atoms with van der Waals surface area (Å²) in [5.74, 6) is -2.42. The predicted octanol–water partition coefficient (Wildman–Crippen LogP) is 0.918. The van der Waals surface area contributed by atoms with Crippen LogP contribution in [0, 0.1) is 0 Å². The molecule has 0 bridgehead atoms. The van der Waals surface area contributed by atoms with Crippen molar-refractivity contribution in [1.82, 2.24) is 0 Å². The van der Waals surface area contributed by atoms with Crippen LogP contribution in [0.2, 0.25) is 0 Å². The lowest BCUT2D eigenvalue weighted by Gasteiger charge is -1.94. The van der Waals surface area contributed by atoms with Crippen LogP contribution in [0.25, 0.3) is 0 Å². The number of hydrogen-bond acceptors (Lipinski definition) is 3. The van der Waals surface area contributed by atoms with Crippen LogP contribution < -0.4 is 0 Å². The zero-order valence-electron chi connectivity index (χ0n) is 4.93. The van der Waals surface area contributed by atoms with Crippen LogP contribution in [0.15, 0.2) is 12.1 Å². The van der Waals surface area contributed by atoms with Gasteiger partial charge in [0.05, 0.1) is 6.61 Å². The highest BCUT2D eigenvalue weighted by Gasteiger charge is 2.07. The third-order valence-corrected chi connectivity index (χ3v) is 0.584. The minimum Gasteiger partial charge on any atom is -0.512 e. The number of aliphatic hydroxyl groups excluding tert-OH is 1. The highest BCUT2D eigenvalue weighted by atomic mass is 19.1. The van der Waals surface area contributed by atoms with E-state index in [4.69, 9.17) is 5.11 Å². The van der Waals surface area contributed by atoms with Gasteiger partial charge in [-0.1, -0.05) is 0 Å². The lowest BCUT2D eigenvalue weighted by molar-refractivity contribution is -0.140. The Bertz CT molecular complexity index is 130. The summed E-state index contributed by atoms with van der Waals surface area (Å²) in [4.78, 5) is 10.1. The molecule has 4 heteroatoms. The molecule has 9 heavy (non-hydrogen) atoms. The molecule has 0 fully saturated rings. The minimum absolute atomic E-state index is 0.0675. The fourth-order valence-electron chi connectivity index (χ4n) is 0.253. The van der Waals surface area contributed by atoms with Crippen LogP contribution in [0.4, 0.5) is 4.39 Å². The summed E-state index contributed by atoms with van der Waals surface area (Å²) in [7, 11) is 0. The first-order chi connectivity index (χ1) is 4.22. The standard InChI is InChI=1S/C5H7FO3/c1-2-9-5(8)4(6)3-7/h3,7H,2H2,1H3. The molecule has 0 rings (SSSR count). The molecule has 0 amide bonds. The monoisotopic (exact) mass is 134 g/mol. The van der Waals surface area contributed by atoms with E-state index in [1.165, 1.54) is 0 Å². The molecule has 0 aromatic rings. The Kier molecular flexibility index (Phi) is 3.43. The van der Waals surface area contributed by atoms with Gasteiger partial charge in [-0.05, 0) is 6.92 Å². The van der Waals surface area contributed by atoms with Crippen LogP contribution in [0.5, 0.6) is 0 Å². The van der Waals surface area contributed by atoms with Crippen molar-refractivity contribution >= 4 is 5.97 Å². The average molecular weight is 134 g/mol. The fraction of sp³-hybridized carbons (Fsp3) is 0.400. The fourth-order valence-corrected chi connectivity index (χ4v) is 0.253. The van der Waals surface area contributed by atoms with Crippen molar-refractivity contribution in [3.05, 3.63) is 12.1 Å². The SMILES string of the molecule is CCOC(=O)C(F)=CO. The van der Waals surface area contributed by atoms with E-state index in [1.807, 2.05) is 0 Å². The summed E-state index contributed by atoms with van der Waals surface area (Å²) in [6.45, 7) is 1.64. The molecule has 3 nitrogen and oxygen atoms in total. The van der Waals surface area contributed by atoms with Crippen molar-refractivity contribution in [3.63, 3.8) is 0 Å². The number of carbonyl (C=O) groups excluding carboxylic acids is 1. The largest absolute Gasteiger partial charge is 0.512 e. The Hall–Kier alpha value is -1.06. The van der Waals surface area contributed by atoms with Gasteiger partial charge in [-0.25, -0.2) is 4.79 Å². The van der Waals surface area contributed by atoms with Gasteiger partial charge in [0.1, 0.15) is 6.26 Å². The van der Waals surface area contributed by atoms with Crippen molar-refractivity contribution in [2.75, 3.05) is 6.61 Å². The molecule has 0 heterocycles. The lowest BCUT2D eigenvalue weighted by Crippen LogP contribution is -2.03. The van der Waals surface area contributed by atoms with E-state index in [-0.39, 0.29) is 12.9 Å². The first-order valence-electron chi connectivity index (χ1n) is 2.39. The van der Waals surface area contributed by atoms with Crippen LogP contribution in [0.3, 0.4) is 0 Å². The quantitative estimate of drug-likeness (QED) is 0.347. The average Bonchev–Trinajstić information content (AvgIpc) is 1.87. The molecule has 0 saturated heterocycles. The van der Waals surface area contributed by atoms with Crippen LogP contribution in [-0.2, 0) is 9.53 Å². The molecule has 52 valence electrons. The number of halogens is 1. The molecular weight excluding hydrogens is 127 g/mol.